The molecule has 0 aromatic heterocycles. The fourth-order valence-corrected chi connectivity index (χ4v) is 1.95. The Balaban J connectivity index is 5.22. The van der Waals surface area contributed by atoms with Crippen LogP contribution in [0.2, 0.25) is 0 Å². The molecule has 0 N–H and O–H groups in total. The van der Waals surface area contributed by atoms with Crippen molar-refractivity contribution in [2.75, 3.05) is 0 Å². The van der Waals surface area contributed by atoms with Crippen molar-refractivity contribution in [3.63, 3.8) is 0 Å². The Morgan fingerprint density at radius 2 is 1.36 bits per heavy atom. The third-order valence-corrected chi connectivity index (χ3v) is 2.90. The second-order valence-corrected chi connectivity index (χ2v) is 4.40. The third-order valence-electron chi connectivity index (χ3n) is 0.968. The fourth-order valence-electron chi connectivity index (χ4n) is 0.649. The molecule has 0 aromatic rings. The quantitative estimate of drug-likeness (QED) is 0.360. The van der Waals surface area contributed by atoms with Crippen molar-refractivity contribution < 1.29 is 18.8 Å². The molecule has 0 saturated heterocycles. The largest absolute Gasteiger partial charge is 0.634 e. The summed E-state index contributed by atoms with van der Waals surface area (Å²) in [6.07, 6.45) is 3.05. The van der Waals surface area contributed by atoms with E-state index in [0.29, 0.717) is 0 Å². The van der Waals surface area contributed by atoms with Gasteiger partial charge in [-0.1, -0.05) is 0 Å². The van der Waals surface area contributed by atoms with Crippen LogP contribution in [0, 0.1) is 0 Å². The van der Waals surface area contributed by atoms with Crippen molar-refractivity contribution in [2.24, 2.45) is 14.0 Å². The molecule has 0 spiro atoms. The smallest absolute Gasteiger partial charge is 0.360 e. The molecule has 0 unspecified atom stereocenters. The first-order valence-electron chi connectivity index (χ1n) is 3.55. The van der Waals surface area contributed by atoms with Gasteiger partial charge in [-0.2, -0.15) is 14.0 Å². The van der Waals surface area contributed by atoms with Crippen LogP contribution in [0.4, 0.5) is 0 Å². The zero-order chi connectivity index (χ0) is 11.0. The minimum atomic E-state index is -3.75. The van der Waals surface area contributed by atoms with Crippen LogP contribution in [0.3, 0.4) is 0 Å². The van der Waals surface area contributed by atoms with Crippen molar-refractivity contribution in [1.82, 2.24) is 0 Å². The zero-order valence-electron chi connectivity index (χ0n) is 7.55. The van der Waals surface area contributed by atoms with Gasteiger partial charge < -0.3 is 4.43 Å². The van der Waals surface area contributed by atoms with Crippen LogP contribution in [-0.4, -0.2) is 33.1 Å². The lowest BCUT2D eigenvalue weighted by molar-refractivity contribution is 0.227. The Hall–Kier alpha value is -1.68. The normalized spacial score (nSPS) is 13.1. The van der Waals surface area contributed by atoms with Gasteiger partial charge in [-0.05, 0) is 13.8 Å². The zero-order valence-corrected chi connectivity index (χ0v) is 8.55. The van der Waals surface area contributed by atoms with Crippen molar-refractivity contribution in [3.05, 3.63) is 0 Å². The maximum atomic E-state index is 10.0. The first-order valence-corrected chi connectivity index (χ1v) is 5.30. The Kier molecular flexibility index (Phi) is 5.17. The summed E-state index contributed by atoms with van der Waals surface area (Å²) >= 11 is 0. The van der Waals surface area contributed by atoms with E-state index < -0.39 is 14.9 Å². The first kappa shape index (κ1) is 12.3. The number of nitrogens with zero attached hydrogens (tertiary/aromatic N) is 3. The maximum absolute atomic E-state index is 10.0. The molecule has 0 saturated carbocycles. The molecule has 7 nitrogen and oxygen atoms in total. The van der Waals surface area contributed by atoms with Gasteiger partial charge in [-0.15, -0.1) is 0 Å². The highest BCUT2D eigenvalue weighted by molar-refractivity contribution is 6.70. The maximum Gasteiger partial charge on any atom is 0.634 e. The van der Waals surface area contributed by atoms with Gasteiger partial charge in [-0.25, -0.2) is 14.4 Å². The van der Waals surface area contributed by atoms with Crippen LogP contribution in [0.5, 0.6) is 0 Å². The summed E-state index contributed by atoms with van der Waals surface area (Å²) in [5, 5.41) is 0. The first-order chi connectivity index (χ1) is 6.60. The molecule has 8 heteroatoms. The number of hydrogen-bond donors (Lipinski definition) is 0. The van der Waals surface area contributed by atoms with E-state index in [2.05, 4.69) is 14.0 Å². The summed E-state index contributed by atoms with van der Waals surface area (Å²) in [4.78, 5) is 30.1. The predicted molar refractivity (Wildman–Crippen MR) is 46.3 cm³/mol. The average molecular weight is 213 g/mol. The molecule has 0 radical (unpaired) electrons. The van der Waals surface area contributed by atoms with E-state index in [-0.39, 0.29) is 0 Å². The van der Waals surface area contributed by atoms with Crippen LogP contribution in [-0.2, 0) is 18.8 Å². The molecular formula is C6H7N3O4Si. The highest BCUT2D eigenvalue weighted by atomic mass is 28.4. The lowest BCUT2D eigenvalue weighted by Crippen LogP contribution is -2.35. The van der Waals surface area contributed by atoms with Gasteiger partial charge in [0, 0.05) is 6.10 Å². The summed E-state index contributed by atoms with van der Waals surface area (Å²) in [5.41, 5.74) is 0. The topological polar surface area (TPSA) is 97.5 Å². The summed E-state index contributed by atoms with van der Waals surface area (Å²) in [6.45, 7) is 3.23. The summed E-state index contributed by atoms with van der Waals surface area (Å²) in [7, 11) is -3.75. The molecule has 0 rings (SSSR count). The van der Waals surface area contributed by atoms with Crippen LogP contribution in [0.15, 0.2) is 14.0 Å². The van der Waals surface area contributed by atoms with Crippen molar-refractivity contribution in [1.29, 1.82) is 0 Å². The second kappa shape index (κ2) is 5.88. The molecule has 0 heterocycles. The van der Waals surface area contributed by atoms with E-state index in [1.807, 2.05) is 0 Å². The van der Waals surface area contributed by atoms with Crippen molar-refractivity contribution in [3.8, 4) is 0 Å². The summed E-state index contributed by atoms with van der Waals surface area (Å²) in [5.74, 6) is 0. The van der Waals surface area contributed by atoms with Gasteiger partial charge in [0.05, 0.1) is 0 Å². The van der Waals surface area contributed by atoms with Crippen molar-refractivity contribution >= 4 is 27.0 Å². The Morgan fingerprint density at radius 1 is 1.00 bits per heavy atom. The van der Waals surface area contributed by atoms with Crippen LogP contribution in [0.25, 0.3) is 0 Å². The number of isocyanates is 3. The van der Waals surface area contributed by atoms with E-state index in [4.69, 9.17) is 4.43 Å². The van der Waals surface area contributed by atoms with Crippen LogP contribution in [0.1, 0.15) is 13.8 Å². The molecular weight excluding hydrogens is 206 g/mol. The fraction of sp³-hybridized carbons (Fsp3) is 0.500. The molecule has 0 fully saturated rings. The number of hydrogen-bond acceptors (Lipinski definition) is 7. The van der Waals surface area contributed by atoms with E-state index in [0.717, 1.165) is 18.2 Å². The Labute approximate surface area is 80.6 Å². The molecule has 0 aliphatic heterocycles. The van der Waals surface area contributed by atoms with E-state index >= 15 is 0 Å². The average Bonchev–Trinajstić information content (AvgIpc) is 2.03. The molecule has 0 bridgehead atoms. The molecule has 74 valence electrons. The number of carbonyl (C=O) groups excluding carboxylic acids is 3. The highest BCUT2D eigenvalue weighted by Crippen LogP contribution is 2.11. The van der Waals surface area contributed by atoms with Crippen molar-refractivity contribution in [2.45, 2.75) is 20.0 Å². The molecule has 0 aliphatic carbocycles. The molecule has 0 amide bonds. The van der Waals surface area contributed by atoms with E-state index in [9.17, 15) is 14.4 Å². The molecule has 14 heavy (non-hydrogen) atoms. The van der Waals surface area contributed by atoms with Crippen LogP contribution >= 0.6 is 0 Å². The lowest BCUT2D eigenvalue weighted by atomic mass is 10.5. The molecule has 0 aromatic carbocycles. The Morgan fingerprint density at radius 3 is 1.57 bits per heavy atom. The van der Waals surface area contributed by atoms with Gasteiger partial charge in [0.1, 0.15) is 0 Å². The van der Waals surface area contributed by atoms with Gasteiger partial charge in [0.2, 0.25) is 18.2 Å². The summed E-state index contributed by atoms with van der Waals surface area (Å²) in [6, 6.07) is 0. The second-order valence-electron chi connectivity index (χ2n) is 2.35. The van der Waals surface area contributed by atoms with Gasteiger partial charge in [0.25, 0.3) is 0 Å². The standard InChI is InChI=1S/C6H7N3O4Si/c1-6(2)13-14(7-3-10,8-4-11)9-5-12/h6H,1-2H3. The highest BCUT2D eigenvalue weighted by Gasteiger charge is 2.41. The number of rotatable bonds is 5. The Bertz CT molecular complexity index is 291. The molecule has 0 aliphatic rings. The van der Waals surface area contributed by atoms with Gasteiger partial charge in [0.15, 0.2) is 0 Å². The van der Waals surface area contributed by atoms with E-state index in [1.54, 1.807) is 13.8 Å². The SMILES string of the molecule is CC(C)O[Si](N=C=O)(N=C=O)N=C=O. The van der Waals surface area contributed by atoms with E-state index in [1.165, 1.54) is 0 Å². The third kappa shape index (κ3) is 3.82. The molecule has 0 atom stereocenters. The minimum absolute atomic E-state index is 0.395. The predicted octanol–water partition coefficient (Wildman–Crippen LogP) is -0.146. The van der Waals surface area contributed by atoms with Crippen LogP contribution < -0.4 is 0 Å². The minimum Gasteiger partial charge on any atom is -0.360 e. The van der Waals surface area contributed by atoms with Gasteiger partial charge in [-0.3, -0.25) is 0 Å². The van der Waals surface area contributed by atoms with Gasteiger partial charge >= 0.3 is 8.80 Å². The lowest BCUT2D eigenvalue weighted by Gasteiger charge is -2.14. The summed E-state index contributed by atoms with van der Waals surface area (Å²) < 4.78 is 14.4. The monoisotopic (exact) mass is 213 g/mol.